The number of carbonyl (C=O) groups is 1. The molecule has 3 rings (SSSR count). The van der Waals surface area contributed by atoms with Gasteiger partial charge < -0.3 is 5.32 Å². The van der Waals surface area contributed by atoms with E-state index in [0.29, 0.717) is 5.56 Å². The van der Waals surface area contributed by atoms with Crippen LogP contribution in [0, 0.1) is 5.82 Å². The quantitative estimate of drug-likeness (QED) is 0.893. The Hall–Kier alpha value is -1.87. The van der Waals surface area contributed by atoms with E-state index in [1.165, 1.54) is 17.7 Å². The predicted octanol–water partition coefficient (Wildman–Crippen LogP) is 3.90. The Morgan fingerprint density at radius 2 is 2.05 bits per heavy atom. The van der Waals surface area contributed by atoms with Crippen molar-refractivity contribution in [3.05, 3.63) is 70.0 Å². The summed E-state index contributed by atoms with van der Waals surface area (Å²) in [5, 5.41) is 3.10. The van der Waals surface area contributed by atoms with E-state index in [0.717, 1.165) is 24.5 Å². The molecule has 0 saturated carbocycles. The molecule has 0 spiro atoms. The Balaban J connectivity index is 1.81. The van der Waals surface area contributed by atoms with Gasteiger partial charge in [0, 0.05) is 0 Å². The summed E-state index contributed by atoms with van der Waals surface area (Å²) in [6.45, 7) is 0. The summed E-state index contributed by atoms with van der Waals surface area (Å²) in [6.07, 6.45) is 1.84. The second kappa shape index (κ2) is 5.25. The number of aryl methyl sites for hydroxylation is 1. The average molecular weight is 290 g/mol. The van der Waals surface area contributed by atoms with Crippen LogP contribution in [0.1, 0.15) is 33.9 Å². The van der Waals surface area contributed by atoms with Crippen molar-refractivity contribution >= 4 is 17.5 Å². The molecule has 1 aliphatic rings. The first kappa shape index (κ1) is 13.1. The Morgan fingerprint density at radius 3 is 2.85 bits per heavy atom. The van der Waals surface area contributed by atoms with Gasteiger partial charge in [-0.25, -0.2) is 4.39 Å². The van der Waals surface area contributed by atoms with Crippen molar-refractivity contribution in [2.75, 3.05) is 0 Å². The van der Waals surface area contributed by atoms with Crippen LogP contribution in [0.5, 0.6) is 0 Å². The van der Waals surface area contributed by atoms with E-state index in [-0.39, 0.29) is 17.0 Å². The lowest BCUT2D eigenvalue weighted by Crippen LogP contribution is -2.27. The van der Waals surface area contributed by atoms with Gasteiger partial charge in [-0.2, -0.15) is 0 Å². The minimum absolute atomic E-state index is 0.000167. The summed E-state index contributed by atoms with van der Waals surface area (Å²) in [6, 6.07) is 11.9. The van der Waals surface area contributed by atoms with Crippen LogP contribution in [0.15, 0.2) is 42.5 Å². The second-order valence-corrected chi connectivity index (χ2v) is 5.29. The summed E-state index contributed by atoms with van der Waals surface area (Å²) in [7, 11) is 0. The predicted molar refractivity (Wildman–Crippen MR) is 76.4 cm³/mol. The van der Waals surface area contributed by atoms with E-state index in [2.05, 4.69) is 11.4 Å². The van der Waals surface area contributed by atoms with E-state index in [9.17, 15) is 9.18 Å². The highest BCUT2D eigenvalue weighted by atomic mass is 35.5. The van der Waals surface area contributed by atoms with Gasteiger partial charge >= 0.3 is 0 Å². The van der Waals surface area contributed by atoms with Crippen LogP contribution in [0.3, 0.4) is 0 Å². The standard InChI is InChI=1S/C16H13ClFNO/c17-14-9-11(18)6-7-13(14)16(20)19-15-8-5-10-3-1-2-4-12(10)15/h1-4,6-7,9,15H,5,8H2,(H,19,20)/t15-/m0/s1. The maximum atomic E-state index is 13.0. The SMILES string of the molecule is O=C(N[C@H]1CCc2ccccc21)c1ccc(F)cc1Cl. The molecule has 1 amide bonds. The molecule has 2 nitrogen and oxygen atoms in total. The van der Waals surface area contributed by atoms with Gasteiger partial charge in [-0.3, -0.25) is 4.79 Å². The number of amides is 1. The number of nitrogens with one attached hydrogen (secondary N) is 1. The Bertz CT molecular complexity index is 671. The van der Waals surface area contributed by atoms with Crippen molar-refractivity contribution < 1.29 is 9.18 Å². The fraction of sp³-hybridized carbons (Fsp3) is 0.188. The highest BCUT2D eigenvalue weighted by Crippen LogP contribution is 2.31. The number of rotatable bonds is 2. The molecular weight excluding hydrogens is 277 g/mol. The molecule has 0 aliphatic heterocycles. The lowest BCUT2D eigenvalue weighted by molar-refractivity contribution is 0.0937. The number of benzene rings is 2. The van der Waals surface area contributed by atoms with Gasteiger partial charge in [0.1, 0.15) is 5.82 Å². The van der Waals surface area contributed by atoms with Gasteiger partial charge in [0.15, 0.2) is 0 Å². The first-order valence-electron chi connectivity index (χ1n) is 6.49. The normalized spacial score (nSPS) is 16.8. The summed E-state index contributed by atoms with van der Waals surface area (Å²) >= 11 is 5.91. The fourth-order valence-electron chi connectivity index (χ4n) is 2.62. The van der Waals surface area contributed by atoms with Crippen LogP contribution < -0.4 is 5.32 Å². The molecule has 0 fully saturated rings. The molecule has 0 aromatic heterocycles. The van der Waals surface area contributed by atoms with Crippen molar-refractivity contribution in [2.45, 2.75) is 18.9 Å². The lowest BCUT2D eigenvalue weighted by Gasteiger charge is -2.14. The van der Waals surface area contributed by atoms with E-state index in [4.69, 9.17) is 11.6 Å². The third-order valence-electron chi connectivity index (χ3n) is 3.61. The molecule has 1 atom stereocenters. The molecule has 102 valence electrons. The van der Waals surface area contributed by atoms with E-state index >= 15 is 0 Å². The molecule has 2 aromatic carbocycles. The van der Waals surface area contributed by atoms with Crippen LogP contribution in [-0.2, 0) is 6.42 Å². The molecule has 0 unspecified atom stereocenters. The van der Waals surface area contributed by atoms with E-state index in [1.807, 2.05) is 18.2 Å². The number of carbonyl (C=O) groups excluding carboxylic acids is 1. The molecule has 0 saturated heterocycles. The Kier molecular flexibility index (Phi) is 3.45. The van der Waals surface area contributed by atoms with Gasteiger partial charge in [-0.05, 0) is 42.2 Å². The largest absolute Gasteiger partial charge is 0.345 e. The lowest BCUT2D eigenvalue weighted by atomic mass is 10.1. The zero-order valence-electron chi connectivity index (χ0n) is 10.7. The fourth-order valence-corrected chi connectivity index (χ4v) is 2.87. The first-order valence-corrected chi connectivity index (χ1v) is 6.86. The summed E-state index contributed by atoms with van der Waals surface area (Å²) in [4.78, 5) is 12.2. The molecule has 2 aromatic rings. The number of hydrogen-bond donors (Lipinski definition) is 1. The summed E-state index contributed by atoms with van der Waals surface area (Å²) in [5.41, 5.74) is 2.72. The Morgan fingerprint density at radius 1 is 1.25 bits per heavy atom. The van der Waals surface area contributed by atoms with Gasteiger partial charge in [0.05, 0.1) is 16.6 Å². The summed E-state index contributed by atoms with van der Waals surface area (Å²) in [5.74, 6) is -0.713. The minimum atomic E-state index is -0.447. The van der Waals surface area contributed by atoms with Gasteiger partial charge in [-0.1, -0.05) is 35.9 Å². The number of halogens is 2. The molecule has 4 heteroatoms. The monoisotopic (exact) mass is 289 g/mol. The van der Waals surface area contributed by atoms with Crippen LogP contribution in [-0.4, -0.2) is 5.91 Å². The molecule has 0 heterocycles. The van der Waals surface area contributed by atoms with Crippen LogP contribution >= 0.6 is 11.6 Å². The van der Waals surface area contributed by atoms with Gasteiger partial charge in [0.25, 0.3) is 5.91 Å². The maximum Gasteiger partial charge on any atom is 0.253 e. The van der Waals surface area contributed by atoms with Crippen LogP contribution in [0.25, 0.3) is 0 Å². The smallest absolute Gasteiger partial charge is 0.253 e. The molecule has 1 aliphatic carbocycles. The molecular formula is C16H13ClFNO. The molecule has 0 bridgehead atoms. The first-order chi connectivity index (χ1) is 9.65. The van der Waals surface area contributed by atoms with E-state index in [1.54, 1.807) is 0 Å². The van der Waals surface area contributed by atoms with Crippen molar-refractivity contribution in [3.8, 4) is 0 Å². The zero-order valence-corrected chi connectivity index (χ0v) is 11.5. The average Bonchev–Trinajstić information content (AvgIpc) is 2.82. The van der Waals surface area contributed by atoms with E-state index < -0.39 is 5.82 Å². The Labute approximate surface area is 121 Å². The molecule has 20 heavy (non-hydrogen) atoms. The topological polar surface area (TPSA) is 29.1 Å². The van der Waals surface area contributed by atoms with Crippen LogP contribution in [0.4, 0.5) is 4.39 Å². The van der Waals surface area contributed by atoms with Gasteiger partial charge in [-0.15, -0.1) is 0 Å². The second-order valence-electron chi connectivity index (χ2n) is 4.89. The highest BCUT2D eigenvalue weighted by molar-refractivity contribution is 6.33. The van der Waals surface area contributed by atoms with Crippen LogP contribution in [0.2, 0.25) is 5.02 Å². The summed E-state index contributed by atoms with van der Waals surface area (Å²) < 4.78 is 13.0. The third-order valence-corrected chi connectivity index (χ3v) is 3.93. The van der Waals surface area contributed by atoms with Crippen molar-refractivity contribution in [1.82, 2.24) is 5.32 Å². The van der Waals surface area contributed by atoms with Crippen molar-refractivity contribution in [1.29, 1.82) is 0 Å². The minimum Gasteiger partial charge on any atom is -0.345 e. The van der Waals surface area contributed by atoms with Gasteiger partial charge in [0.2, 0.25) is 0 Å². The zero-order chi connectivity index (χ0) is 14.1. The molecule has 0 radical (unpaired) electrons. The third kappa shape index (κ3) is 2.41. The van der Waals surface area contributed by atoms with Crippen molar-refractivity contribution in [2.24, 2.45) is 0 Å². The number of hydrogen-bond acceptors (Lipinski definition) is 1. The van der Waals surface area contributed by atoms with Crippen molar-refractivity contribution in [3.63, 3.8) is 0 Å². The number of fused-ring (bicyclic) bond motifs is 1. The molecule has 1 N–H and O–H groups in total. The maximum absolute atomic E-state index is 13.0. The highest BCUT2D eigenvalue weighted by Gasteiger charge is 2.24.